The Balaban J connectivity index is 1.82. The maximum Gasteiger partial charge on any atom is 0.241 e. The van der Waals surface area contributed by atoms with Gasteiger partial charge in [0, 0.05) is 27.1 Å². The highest BCUT2D eigenvalue weighted by atomic mass is 16.5. The molecule has 0 unspecified atom stereocenters. The number of rotatable bonds is 4. The fourth-order valence-corrected chi connectivity index (χ4v) is 3.14. The minimum atomic E-state index is -0.272. The molecular weight excluding hydrogens is 282 g/mol. The van der Waals surface area contributed by atoms with E-state index in [1.807, 2.05) is 11.9 Å². The average molecular weight is 311 g/mol. The minimum absolute atomic E-state index is 0.0709. The number of likely N-dealkylation sites (tertiary alicyclic amines) is 1. The van der Waals surface area contributed by atoms with Gasteiger partial charge in [0.2, 0.25) is 11.8 Å². The highest BCUT2D eigenvalue weighted by molar-refractivity contribution is 5.81. The quantitative estimate of drug-likeness (QED) is 0.755. The van der Waals surface area contributed by atoms with Gasteiger partial charge in [-0.1, -0.05) is 13.8 Å². The zero-order chi connectivity index (χ0) is 16.5. The predicted octanol–water partition coefficient (Wildman–Crippen LogP) is 0.422. The van der Waals surface area contributed by atoms with Crippen LogP contribution in [0.25, 0.3) is 0 Å². The third-order valence-electron chi connectivity index (χ3n) is 4.59. The largest absolute Gasteiger partial charge is 0.368 e. The van der Waals surface area contributed by atoms with Crippen molar-refractivity contribution in [3.8, 4) is 0 Å². The molecule has 6 heteroatoms. The molecule has 2 aliphatic heterocycles. The summed E-state index contributed by atoms with van der Waals surface area (Å²) in [6.45, 7) is 6.67. The number of amides is 2. The Morgan fingerprint density at radius 3 is 2.41 bits per heavy atom. The van der Waals surface area contributed by atoms with Crippen molar-refractivity contribution in [3.63, 3.8) is 0 Å². The Bertz CT molecular complexity index is 430. The standard InChI is InChI=1S/C16H29N3O3/c1-12(2)6-7-14(20)19-10-16(11-19)9-18(5)13(8-22-16)15(21)17(3)4/h12-13H,6-11H2,1-5H3/t13-/m0/s1. The van der Waals surface area contributed by atoms with Crippen molar-refractivity contribution in [2.75, 3.05) is 47.4 Å². The first-order chi connectivity index (χ1) is 10.2. The third-order valence-corrected chi connectivity index (χ3v) is 4.59. The van der Waals surface area contributed by atoms with E-state index >= 15 is 0 Å². The van der Waals surface area contributed by atoms with Crippen LogP contribution in [0, 0.1) is 5.92 Å². The van der Waals surface area contributed by atoms with E-state index in [0.717, 1.165) is 6.42 Å². The monoisotopic (exact) mass is 311 g/mol. The number of hydrogen-bond donors (Lipinski definition) is 0. The molecule has 0 aromatic carbocycles. The van der Waals surface area contributed by atoms with Crippen molar-refractivity contribution in [1.82, 2.24) is 14.7 Å². The molecule has 1 atom stereocenters. The van der Waals surface area contributed by atoms with E-state index in [1.54, 1.807) is 19.0 Å². The Morgan fingerprint density at radius 2 is 1.91 bits per heavy atom. The van der Waals surface area contributed by atoms with Crippen molar-refractivity contribution >= 4 is 11.8 Å². The van der Waals surface area contributed by atoms with Gasteiger partial charge in [-0.05, 0) is 19.4 Å². The van der Waals surface area contributed by atoms with Crippen LogP contribution in [0.15, 0.2) is 0 Å². The topological polar surface area (TPSA) is 53.1 Å². The summed E-state index contributed by atoms with van der Waals surface area (Å²) >= 11 is 0. The Kier molecular flexibility index (Phi) is 5.12. The molecule has 0 saturated carbocycles. The van der Waals surface area contributed by atoms with E-state index in [4.69, 9.17) is 4.74 Å². The second-order valence-electron chi connectivity index (χ2n) is 7.34. The van der Waals surface area contributed by atoms with Crippen molar-refractivity contribution in [3.05, 3.63) is 0 Å². The molecule has 0 bridgehead atoms. The van der Waals surface area contributed by atoms with E-state index in [-0.39, 0.29) is 23.5 Å². The van der Waals surface area contributed by atoms with Crippen molar-refractivity contribution in [2.45, 2.75) is 38.3 Å². The summed E-state index contributed by atoms with van der Waals surface area (Å²) in [5.74, 6) is 0.840. The van der Waals surface area contributed by atoms with E-state index in [0.29, 0.717) is 38.6 Å². The molecule has 0 N–H and O–H groups in total. The lowest BCUT2D eigenvalue weighted by atomic mass is 9.90. The van der Waals surface area contributed by atoms with Gasteiger partial charge < -0.3 is 14.5 Å². The third kappa shape index (κ3) is 3.60. The Labute approximate surface area is 133 Å². The molecule has 0 aromatic heterocycles. The number of morpholine rings is 1. The highest BCUT2D eigenvalue weighted by Crippen LogP contribution is 2.31. The maximum absolute atomic E-state index is 12.1. The zero-order valence-corrected chi connectivity index (χ0v) is 14.5. The lowest BCUT2D eigenvalue weighted by molar-refractivity contribution is -0.202. The lowest BCUT2D eigenvalue weighted by Gasteiger charge is -2.55. The fourth-order valence-electron chi connectivity index (χ4n) is 3.14. The number of hydrogen-bond acceptors (Lipinski definition) is 4. The highest BCUT2D eigenvalue weighted by Gasteiger charge is 2.51. The van der Waals surface area contributed by atoms with Gasteiger partial charge in [0.05, 0.1) is 19.7 Å². The maximum atomic E-state index is 12.1. The van der Waals surface area contributed by atoms with Crippen LogP contribution in [0.4, 0.5) is 0 Å². The van der Waals surface area contributed by atoms with Crippen molar-refractivity contribution < 1.29 is 14.3 Å². The molecule has 2 fully saturated rings. The van der Waals surface area contributed by atoms with Crippen LogP contribution in [0.2, 0.25) is 0 Å². The summed E-state index contributed by atoms with van der Waals surface area (Å²) < 4.78 is 5.98. The van der Waals surface area contributed by atoms with Crippen LogP contribution in [-0.4, -0.2) is 85.5 Å². The normalized spacial score (nSPS) is 24.5. The molecular formula is C16H29N3O3. The van der Waals surface area contributed by atoms with Gasteiger partial charge in [0.25, 0.3) is 0 Å². The summed E-state index contributed by atoms with van der Waals surface area (Å²) in [6.07, 6.45) is 1.55. The van der Waals surface area contributed by atoms with Gasteiger partial charge in [0.15, 0.2) is 0 Å². The van der Waals surface area contributed by atoms with Gasteiger partial charge in [-0.3, -0.25) is 14.5 Å². The number of carbonyl (C=O) groups is 2. The molecule has 6 nitrogen and oxygen atoms in total. The molecule has 2 heterocycles. The Morgan fingerprint density at radius 1 is 1.27 bits per heavy atom. The molecule has 0 aliphatic carbocycles. The first kappa shape index (κ1) is 17.2. The smallest absolute Gasteiger partial charge is 0.241 e. The molecule has 0 radical (unpaired) electrons. The predicted molar refractivity (Wildman–Crippen MR) is 84.4 cm³/mol. The number of likely N-dealkylation sites (N-methyl/N-ethyl adjacent to an activating group) is 2. The number of nitrogens with zero attached hydrogens (tertiary/aromatic N) is 3. The molecule has 2 aliphatic rings. The molecule has 22 heavy (non-hydrogen) atoms. The molecule has 1 spiro atoms. The summed E-state index contributed by atoms with van der Waals surface area (Å²) in [5, 5.41) is 0. The number of ether oxygens (including phenoxy) is 1. The second-order valence-corrected chi connectivity index (χ2v) is 7.34. The van der Waals surface area contributed by atoms with Gasteiger partial charge in [-0.15, -0.1) is 0 Å². The van der Waals surface area contributed by atoms with Gasteiger partial charge in [-0.25, -0.2) is 0 Å². The van der Waals surface area contributed by atoms with Crippen molar-refractivity contribution in [2.24, 2.45) is 5.92 Å². The average Bonchev–Trinajstić information content (AvgIpc) is 2.41. The first-order valence-corrected chi connectivity index (χ1v) is 8.07. The zero-order valence-electron chi connectivity index (χ0n) is 14.5. The molecule has 2 amide bonds. The summed E-state index contributed by atoms with van der Waals surface area (Å²) in [5.41, 5.74) is -0.272. The van der Waals surface area contributed by atoms with E-state index < -0.39 is 0 Å². The van der Waals surface area contributed by atoms with Crippen LogP contribution in [0.1, 0.15) is 26.7 Å². The van der Waals surface area contributed by atoms with Crippen LogP contribution in [0.3, 0.4) is 0 Å². The molecule has 0 aromatic rings. The van der Waals surface area contributed by atoms with Gasteiger partial charge in [-0.2, -0.15) is 0 Å². The van der Waals surface area contributed by atoms with E-state index in [1.165, 1.54) is 0 Å². The van der Waals surface area contributed by atoms with Crippen LogP contribution < -0.4 is 0 Å². The van der Waals surface area contributed by atoms with E-state index in [9.17, 15) is 9.59 Å². The van der Waals surface area contributed by atoms with Crippen LogP contribution in [-0.2, 0) is 14.3 Å². The first-order valence-electron chi connectivity index (χ1n) is 8.07. The summed E-state index contributed by atoms with van der Waals surface area (Å²) in [6, 6.07) is -0.216. The molecule has 2 rings (SSSR count). The van der Waals surface area contributed by atoms with Gasteiger partial charge >= 0.3 is 0 Å². The SMILES string of the molecule is CC(C)CCC(=O)N1CC2(C1)CN(C)[C@H](C(=O)N(C)C)CO2. The fraction of sp³-hybridized carbons (Fsp3) is 0.875. The van der Waals surface area contributed by atoms with Gasteiger partial charge in [0.1, 0.15) is 11.6 Å². The second kappa shape index (κ2) is 6.54. The van der Waals surface area contributed by atoms with Crippen LogP contribution in [0.5, 0.6) is 0 Å². The number of carbonyl (C=O) groups excluding carboxylic acids is 2. The lowest BCUT2D eigenvalue weighted by Crippen LogP contribution is -2.73. The van der Waals surface area contributed by atoms with Crippen molar-refractivity contribution in [1.29, 1.82) is 0 Å². The molecule has 126 valence electrons. The molecule has 2 saturated heterocycles. The minimum Gasteiger partial charge on any atom is -0.368 e. The van der Waals surface area contributed by atoms with E-state index in [2.05, 4.69) is 18.7 Å². The summed E-state index contributed by atoms with van der Waals surface area (Å²) in [4.78, 5) is 29.7. The Hall–Kier alpha value is -1.14. The van der Waals surface area contributed by atoms with Crippen LogP contribution >= 0.6 is 0 Å². The summed E-state index contributed by atoms with van der Waals surface area (Å²) in [7, 11) is 5.48.